The van der Waals surface area contributed by atoms with Gasteiger partial charge < -0.3 is 4.98 Å². The molecule has 0 saturated heterocycles. The number of para-hydroxylation sites is 1. The number of benzene rings is 1. The zero-order chi connectivity index (χ0) is 14.1. The molecule has 3 rings (SSSR count). The van der Waals surface area contributed by atoms with Crippen LogP contribution < -0.4 is 11.2 Å². The summed E-state index contributed by atoms with van der Waals surface area (Å²) in [5.74, 6) is 0. The van der Waals surface area contributed by atoms with E-state index in [1.807, 2.05) is 25.1 Å². The quantitative estimate of drug-likeness (QED) is 0.789. The lowest BCUT2D eigenvalue weighted by atomic mass is 10.3. The van der Waals surface area contributed by atoms with Gasteiger partial charge in [-0.05, 0) is 24.6 Å². The highest BCUT2D eigenvalue weighted by Gasteiger charge is 2.14. The summed E-state index contributed by atoms with van der Waals surface area (Å²) in [4.78, 5) is 28.1. The Labute approximate surface area is 115 Å². The number of H-pyrrole nitrogens is 1. The summed E-state index contributed by atoms with van der Waals surface area (Å²) >= 11 is 0. The number of nitrogens with one attached hydrogen (secondary N) is 1. The van der Waals surface area contributed by atoms with Crippen LogP contribution in [0, 0.1) is 0 Å². The molecule has 5 heteroatoms. The Morgan fingerprint density at radius 1 is 1.10 bits per heavy atom. The van der Waals surface area contributed by atoms with E-state index in [1.54, 1.807) is 29.0 Å². The molecule has 0 aliphatic carbocycles. The molecule has 1 N–H and O–H groups in total. The molecule has 3 aromatic rings. The molecule has 0 saturated carbocycles. The largest absolute Gasteiger partial charge is 0.347 e. The Balaban J connectivity index is 2.44. The molecule has 102 valence electrons. The smallest absolute Gasteiger partial charge is 0.337 e. The van der Waals surface area contributed by atoms with Gasteiger partial charge in [-0.15, -0.1) is 0 Å². The number of aryl methyl sites for hydroxylation is 1. The number of nitrogens with zero attached hydrogens (tertiary/aromatic N) is 2. The fourth-order valence-corrected chi connectivity index (χ4v) is 2.42. The van der Waals surface area contributed by atoms with Crippen molar-refractivity contribution in [1.29, 1.82) is 0 Å². The molecular weight excluding hydrogens is 254 g/mol. The Morgan fingerprint density at radius 2 is 1.85 bits per heavy atom. The maximum Gasteiger partial charge on any atom is 0.337 e. The summed E-state index contributed by atoms with van der Waals surface area (Å²) in [5, 5.41) is 0.530. The van der Waals surface area contributed by atoms with Crippen molar-refractivity contribution in [2.45, 2.75) is 19.9 Å². The van der Waals surface area contributed by atoms with Gasteiger partial charge in [-0.3, -0.25) is 9.36 Å². The van der Waals surface area contributed by atoms with Gasteiger partial charge >= 0.3 is 5.69 Å². The molecule has 0 spiro atoms. The number of aromatic nitrogens is 3. The van der Waals surface area contributed by atoms with Gasteiger partial charge in [0.25, 0.3) is 5.56 Å². The molecule has 0 atom stereocenters. The number of fused-ring (bicyclic) bond motifs is 1. The molecule has 0 aliphatic rings. The fourth-order valence-electron chi connectivity index (χ4n) is 2.42. The van der Waals surface area contributed by atoms with Crippen LogP contribution in [0.15, 0.2) is 52.2 Å². The highest BCUT2D eigenvalue weighted by Crippen LogP contribution is 2.08. The summed E-state index contributed by atoms with van der Waals surface area (Å²) in [6, 6.07) is 10.7. The van der Waals surface area contributed by atoms with Gasteiger partial charge in [0.15, 0.2) is 0 Å². The maximum atomic E-state index is 12.6. The monoisotopic (exact) mass is 269 g/mol. The maximum absolute atomic E-state index is 12.6. The SMILES string of the molecule is CCCn1c(=O)n(-c2ccccc2)c(=O)c2cc[nH]c21. The van der Waals surface area contributed by atoms with E-state index >= 15 is 0 Å². The predicted molar refractivity (Wildman–Crippen MR) is 78.4 cm³/mol. The average molecular weight is 269 g/mol. The molecule has 20 heavy (non-hydrogen) atoms. The molecule has 0 aliphatic heterocycles. The van der Waals surface area contributed by atoms with Crippen molar-refractivity contribution < 1.29 is 0 Å². The van der Waals surface area contributed by atoms with Gasteiger partial charge in [0, 0.05) is 12.7 Å². The van der Waals surface area contributed by atoms with E-state index in [-0.39, 0.29) is 11.2 Å². The van der Waals surface area contributed by atoms with Crippen LogP contribution >= 0.6 is 0 Å². The Hall–Kier alpha value is -2.56. The normalized spacial score (nSPS) is 11.1. The Kier molecular flexibility index (Phi) is 3.02. The van der Waals surface area contributed by atoms with Crippen molar-refractivity contribution >= 4 is 11.0 Å². The van der Waals surface area contributed by atoms with E-state index in [9.17, 15) is 9.59 Å². The van der Waals surface area contributed by atoms with E-state index < -0.39 is 0 Å². The van der Waals surface area contributed by atoms with E-state index in [0.717, 1.165) is 6.42 Å². The number of hydrogen-bond acceptors (Lipinski definition) is 2. The van der Waals surface area contributed by atoms with Crippen LogP contribution in [0.2, 0.25) is 0 Å². The van der Waals surface area contributed by atoms with Crippen molar-refractivity contribution in [1.82, 2.24) is 14.1 Å². The van der Waals surface area contributed by atoms with Crippen LogP contribution in [-0.2, 0) is 6.54 Å². The van der Waals surface area contributed by atoms with E-state index in [0.29, 0.717) is 23.3 Å². The summed E-state index contributed by atoms with van der Waals surface area (Å²) < 4.78 is 2.84. The van der Waals surface area contributed by atoms with Crippen LogP contribution in [0.3, 0.4) is 0 Å². The molecular formula is C15H15N3O2. The zero-order valence-electron chi connectivity index (χ0n) is 11.2. The standard InChI is InChI=1S/C15H15N3O2/c1-2-10-17-13-12(8-9-16-13)14(19)18(15(17)20)11-6-4-3-5-7-11/h3-9,16H,2,10H2,1H3. The lowest BCUT2D eigenvalue weighted by Gasteiger charge is -2.11. The molecule has 2 heterocycles. The van der Waals surface area contributed by atoms with Gasteiger partial charge in [-0.25, -0.2) is 9.36 Å². The third-order valence-corrected chi connectivity index (χ3v) is 3.31. The highest BCUT2D eigenvalue weighted by atomic mass is 16.2. The van der Waals surface area contributed by atoms with E-state index in [1.165, 1.54) is 4.57 Å². The Bertz CT molecular complexity index is 856. The first-order chi connectivity index (χ1) is 9.74. The van der Waals surface area contributed by atoms with E-state index in [2.05, 4.69) is 4.98 Å². The topological polar surface area (TPSA) is 59.8 Å². The second-order valence-electron chi connectivity index (χ2n) is 4.65. The summed E-state index contributed by atoms with van der Waals surface area (Å²) in [7, 11) is 0. The van der Waals surface area contributed by atoms with Crippen LogP contribution in [0.1, 0.15) is 13.3 Å². The molecule has 0 amide bonds. The molecule has 0 bridgehead atoms. The fraction of sp³-hybridized carbons (Fsp3) is 0.200. The second kappa shape index (κ2) is 4.85. The lowest BCUT2D eigenvalue weighted by Crippen LogP contribution is -2.38. The molecule has 5 nitrogen and oxygen atoms in total. The first kappa shape index (κ1) is 12.5. The summed E-state index contributed by atoms with van der Waals surface area (Å²) in [6.45, 7) is 2.57. The summed E-state index contributed by atoms with van der Waals surface area (Å²) in [6.07, 6.45) is 2.51. The molecule has 0 unspecified atom stereocenters. The molecule has 0 fully saturated rings. The van der Waals surface area contributed by atoms with Gasteiger partial charge in [-0.1, -0.05) is 25.1 Å². The first-order valence-electron chi connectivity index (χ1n) is 6.62. The third kappa shape index (κ3) is 1.79. The number of hydrogen-bond donors (Lipinski definition) is 1. The lowest BCUT2D eigenvalue weighted by molar-refractivity contribution is 0.632. The predicted octanol–water partition coefficient (Wildman–Crippen LogP) is 1.89. The minimum absolute atomic E-state index is 0.287. The number of rotatable bonds is 3. The minimum atomic E-state index is -0.307. The average Bonchev–Trinajstić information content (AvgIpc) is 2.94. The van der Waals surface area contributed by atoms with Crippen LogP contribution in [0.25, 0.3) is 16.7 Å². The first-order valence-corrected chi connectivity index (χ1v) is 6.62. The van der Waals surface area contributed by atoms with Gasteiger partial charge in [0.1, 0.15) is 5.65 Å². The van der Waals surface area contributed by atoms with Gasteiger partial charge in [-0.2, -0.15) is 0 Å². The van der Waals surface area contributed by atoms with Crippen LogP contribution in [0.4, 0.5) is 0 Å². The minimum Gasteiger partial charge on any atom is -0.347 e. The van der Waals surface area contributed by atoms with Crippen LogP contribution in [0.5, 0.6) is 0 Å². The highest BCUT2D eigenvalue weighted by molar-refractivity contribution is 5.75. The number of aromatic amines is 1. The van der Waals surface area contributed by atoms with Gasteiger partial charge in [0.2, 0.25) is 0 Å². The van der Waals surface area contributed by atoms with Crippen LogP contribution in [-0.4, -0.2) is 14.1 Å². The Morgan fingerprint density at radius 3 is 2.55 bits per heavy atom. The van der Waals surface area contributed by atoms with Crippen molar-refractivity contribution in [2.75, 3.05) is 0 Å². The zero-order valence-corrected chi connectivity index (χ0v) is 11.2. The van der Waals surface area contributed by atoms with Crippen molar-refractivity contribution in [2.24, 2.45) is 0 Å². The van der Waals surface area contributed by atoms with Gasteiger partial charge in [0.05, 0.1) is 11.1 Å². The molecule has 2 aromatic heterocycles. The van der Waals surface area contributed by atoms with Crippen molar-refractivity contribution in [3.8, 4) is 5.69 Å². The van der Waals surface area contributed by atoms with E-state index in [4.69, 9.17) is 0 Å². The molecule has 0 radical (unpaired) electrons. The van der Waals surface area contributed by atoms with Crippen molar-refractivity contribution in [3.63, 3.8) is 0 Å². The van der Waals surface area contributed by atoms with Crippen molar-refractivity contribution in [3.05, 3.63) is 63.4 Å². The molecule has 1 aromatic carbocycles. The summed E-state index contributed by atoms with van der Waals surface area (Å²) in [5.41, 5.74) is 0.590. The second-order valence-corrected chi connectivity index (χ2v) is 4.65. The third-order valence-electron chi connectivity index (χ3n) is 3.31.